The Balaban J connectivity index is 2.02. The molecule has 3 nitrogen and oxygen atoms in total. The number of fused-ring (bicyclic) bond motifs is 3. The standard InChI is InChI=1S/C15H20O3/c1-8-5-4-6-15(3)7-10(16)11-9(2)14(17)18-13(11)12(8)15/h10-13,16H,1-2,4-7H2,3H3/t10-,11+,12+,13-,15+/m0/s1. The van der Waals surface area contributed by atoms with E-state index in [1.165, 1.54) is 5.57 Å². The predicted octanol–water partition coefficient (Wildman–Crippen LogP) is 2.21. The molecule has 18 heavy (non-hydrogen) atoms. The number of carbonyl (C=O) groups is 1. The number of hydrogen-bond acceptors (Lipinski definition) is 3. The Bertz CT molecular complexity index is 439. The van der Waals surface area contributed by atoms with Gasteiger partial charge in [0.05, 0.1) is 12.0 Å². The van der Waals surface area contributed by atoms with E-state index in [2.05, 4.69) is 20.1 Å². The molecule has 1 saturated heterocycles. The lowest BCUT2D eigenvalue weighted by molar-refractivity contribution is -0.149. The van der Waals surface area contributed by atoms with E-state index in [9.17, 15) is 9.90 Å². The van der Waals surface area contributed by atoms with Gasteiger partial charge in [0.25, 0.3) is 0 Å². The van der Waals surface area contributed by atoms with Gasteiger partial charge in [0.15, 0.2) is 0 Å². The topological polar surface area (TPSA) is 46.5 Å². The van der Waals surface area contributed by atoms with E-state index >= 15 is 0 Å². The summed E-state index contributed by atoms with van der Waals surface area (Å²) < 4.78 is 5.49. The fourth-order valence-electron chi connectivity index (χ4n) is 4.32. The Labute approximate surface area is 108 Å². The summed E-state index contributed by atoms with van der Waals surface area (Å²) in [6.45, 7) is 10.2. The first-order valence-corrected chi connectivity index (χ1v) is 6.69. The lowest BCUT2D eigenvalue weighted by atomic mass is 9.54. The Kier molecular flexibility index (Phi) is 2.46. The molecule has 3 rings (SSSR count). The van der Waals surface area contributed by atoms with Gasteiger partial charge in [-0.05, 0) is 31.1 Å². The molecule has 3 aliphatic rings. The van der Waals surface area contributed by atoms with Crippen molar-refractivity contribution >= 4 is 5.97 Å². The van der Waals surface area contributed by atoms with Gasteiger partial charge in [0, 0.05) is 11.5 Å². The number of ether oxygens (including phenoxy) is 1. The van der Waals surface area contributed by atoms with Crippen molar-refractivity contribution in [1.82, 2.24) is 0 Å². The Morgan fingerprint density at radius 2 is 2.17 bits per heavy atom. The highest BCUT2D eigenvalue weighted by atomic mass is 16.6. The van der Waals surface area contributed by atoms with Crippen molar-refractivity contribution in [2.45, 2.75) is 44.8 Å². The molecule has 3 fully saturated rings. The van der Waals surface area contributed by atoms with Gasteiger partial charge < -0.3 is 9.84 Å². The highest BCUT2D eigenvalue weighted by molar-refractivity contribution is 5.91. The van der Waals surface area contributed by atoms with Gasteiger partial charge in [-0.3, -0.25) is 0 Å². The number of hydrogen-bond donors (Lipinski definition) is 1. The molecule has 0 aromatic rings. The molecule has 0 radical (unpaired) electrons. The van der Waals surface area contributed by atoms with Crippen molar-refractivity contribution in [2.75, 3.05) is 0 Å². The predicted molar refractivity (Wildman–Crippen MR) is 67.7 cm³/mol. The minimum atomic E-state index is -0.513. The lowest BCUT2D eigenvalue weighted by Crippen LogP contribution is -2.52. The van der Waals surface area contributed by atoms with E-state index in [1.54, 1.807) is 0 Å². The van der Waals surface area contributed by atoms with Crippen molar-refractivity contribution < 1.29 is 14.6 Å². The first kappa shape index (κ1) is 12.0. The second kappa shape index (κ2) is 3.70. The summed E-state index contributed by atoms with van der Waals surface area (Å²) in [5.41, 5.74) is 1.63. The highest BCUT2D eigenvalue weighted by Crippen LogP contribution is 2.57. The van der Waals surface area contributed by atoms with Crippen molar-refractivity contribution in [1.29, 1.82) is 0 Å². The van der Waals surface area contributed by atoms with Gasteiger partial charge in [-0.1, -0.05) is 25.7 Å². The highest BCUT2D eigenvalue weighted by Gasteiger charge is 2.58. The molecular formula is C15H20O3. The molecule has 1 N–H and O–H groups in total. The first-order chi connectivity index (χ1) is 8.44. The Morgan fingerprint density at radius 1 is 1.44 bits per heavy atom. The molecule has 1 heterocycles. The average molecular weight is 248 g/mol. The zero-order valence-electron chi connectivity index (χ0n) is 10.8. The molecule has 5 atom stereocenters. The largest absolute Gasteiger partial charge is 0.458 e. The van der Waals surface area contributed by atoms with Crippen LogP contribution in [0.4, 0.5) is 0 Å². The summed E-state index contributed by atoms with van der Waals surface area (Å²) in [4.78, 5) is 11.7. The fourth-order valence-corrected chi connectivity index (χ4v) is 4.32. The van der Waals surface area contributed by atoms with Gasteiger partial charge in [0.2, 0.25) is 0 Å². The van der Waals surface area contributed by atoms with E-state index in [0.29, 0.717) is 12.0 Å². The number of esters is 1. The van der Waals surface area contributed by atoms with E-state index in [0.717, 1.165) is 19.3 Å². The molecule has 2 aliphatic carbocycles. The maximum Gasteiger partial charge on any atom is 0.334 e. The first-order valence-electron chi connectivity index (χ1n) is 6.69. The maximum atomic E-state index is 11.7. The number of rotatable bonds is 0. The van der Waals surface area contributed by atoms with Crippen LogP contribution in [0.15, 0.2) is 24.3 Å². The third-order valence-corrected chi connectivity index (χ3v) is 5.12. The molecule has 0 aromatic carbocycles. The molecule has 0 spiro atoms. The molecule has 0 amide bonds. The second-order valence-corrected chi connectivity index (χ2v) is 6.34. The van der Waals surface area contributed by atoms with E-state index in [4.69, 9.17) is 4.74 Å². The SMILES string of the molecule is C=C1C(=O)O[C@H]2[C@H]1[C@@H](O)C[C@@]1(C)CCCC(=C)[C@H]21. The van der Waals surface area contributed by atoms with E-state index in [-0.39, 0.29) is 29.3 Å². The van der Waals surface area contributed by atoms with Gasteiger partial charge in [-0.25, -0.2) is 4.79 Å². The van der Waals surface area contributed by atoms with Gasteiger partial charge in [-0.2, -0.15) is 0 Å². The number of carbonyl (C=O) groups excluding carboxylic acids is 1. The fraction of sp³-hybridized carbons (Fsp3) is 0.667. The van der Waals surface area contributed by atoms with Gasteiger partial charge >= 0.3 is 5.97 Å². The third-order valence-electron chi connectivity index (χ3n) is 5.12. The van der Waals surface area contributed by atoms with Crippen LogP contribution < -0.4 is 0 Å². The third kappa shape index (κ3) is 1.43. The average Bonchev–Trinajstić information content (AvgIpc) is 2.54. The molecule has 98 valence electrons. The zero-order valence-corrected chi connectivity index (χ0v) is 10.8. The van der Waals surface area contributed by atoms with E-state index in [1.807, 2.05) is 0 Å². The van der Waals surface area contributed by atoms with E-state index < -0.39 is 6.10 Å². The van der Waals surface area contributed by atoms with Gasteiger partial charge in [-0.15, -0.1) is 0 Å². The Hall–Kier alpha value is -1.09. The van der Waals surface area contributed by atoms with Gasteiger partial charge in [0.1, 0.15) is 6.10 Å². The second-order valence-electron chi connectivity index (χ2n) is 6.34. The molecular weight excluding hydrogens is 228 g/mol. The van der Waals surface area contributed by atoms with Crippen LogP contribution in [0.1, 0.15) is 32.6 Å². The van der Waals surface area contributed by atoms with Crippen LogP contribution in [-0.2, 0) is 9.53 Å². The summed E-state index contributed by atoms with van der Waals surface area (Å²) in [7, 11) is 0. The van der Waals surface area contributed by atoms with Crippen LogP contribution in [-0.4, -0.2) is 23.3 Å². The lowest BCUT2D eigenvalue weighted by Gasteiger charge is -2.51. The molecule has 2 saturated carbocycles. The summed E-state index contributed by atoms with van der Waals surface area (Å²) >= 11 is 0. The van der Waals surface area contributed by atoms with Crippen molar-refractivity contribution in [3.05, 3.63) is 24.3 Å². The molecule has 3 heteroatoms. The van der Waals surface area contributed by atoms with Crippen LogP contribution in [0.2, 0.25) is 0 Å². The molecule has 0 unspecified atom stereocenters. The number of aliphatic hydroxyl groups is 1. The summed E-state index contributed by atoms with van der Waals surface area (Å²) in [5, 5.41) is 10.3. The molecule has 1 aliphatic heterocycles. The van der Waals surface area contributed by atoms with Crippen LogP contribution in [0.3, 0.4) is 0 Å². The zero-order chi connectivity index (χ0) is 13.1. The van der Waals surface area contributed by atoms with Crippen LogP contribution in [0, 0.1) is 17.3 Å². The summed E-state index contributed by atoms with van der Waals surface area (Å²) in [5.74, 6) is -0.389. The smallest absolute Gasteiger partial charge is 0.334 e. The molecule has 0 bridgehead atoms. The van der Waals surface area contributed by atoms with Crippen LogP contribution in [0.25, 0.3) is 0 Å². The summed E-state index contributed by atoms with van der Waals surface area (Å²) in [6, 6.07) is 0. The quantitative estimate of drug-likeness (QED) is 0.406. The van der Waals surface area contributed by atoms with Crippen molar-refractivity contribution in [3.8, 4) is 0 Å². The van der Waals surface area contributed by atoms with Crippen LogP contribution >= 0.6 is 0 Å². The molecule has 0 aromatic heterocycles. The van der Waals surface area contributed by atoms with Crippen molar-refractivity contribution in [2.24, 2.45) is 17.3 Å². The van der Waals surface area contributed by atoms with Crippen molar-refractivity contribution in [3.63, 3.8) is 0 Å². The van der Waals surface area contributed by atoms with Crippen LogP contribution in [0.5, 0.6) is 0 Å². The maximum absolute atomic E-state index is 11.7. The Morgan fingerprint density at radius 3 is 2.89 bits per heavy atom. The number of aliphatic hydroxyl groups excluding tert-OH is 1. The minimum absolute atomic E-state index is 0.0147. The summed E-state index contributed by atoms with van der Waals surface area (Å²) in [6.07, 6.45) is 3.15. The monoisotopic (exact) mass is 248 g/mol. The normalized spacial score (nSPS) is 47.6. The minimum Gasteiger partial charge on any atom is -0.458 e.